The molecule has 19 heavy (non-hydrogen) atoms. The summed E-state index contributed by atoms with van der Waals surface area (Å²) < 4.78 is 0. The van der Waals surface area contributed by atoms with Crippen molar-refractivity contribution in [1.29, 1.82) is 0 Å². The molecule has 3 nitrogen and oxygen atoms in total. The Hall–Kier alpha value is -0.220. The third-order valence-corrected chi connectivity index (χ3v) is 5.50. The number of nitrogens with zero attached hydrogens (tertiary/aromatic N) is 1. The zero-order chi connectivity index (χ0) is 13.8. The maximum atomic E-state index is 12.2. The summed E-state index contributed by atoms with van der Waals surface area (Å²) in [7, 11) is 0. The fraction of sp³-hybridized carbons (Fsp3) is 0.933. The van der Waals surface area contributed by atoms with E-state index in [9.17, 15) is 4.79 Å². The van der Waals surface area contributed by atoms with Crippen LogP contribution in [0.5, 0.6) is 0 Å². The molecule has 0 radical (unpaired) electrons. The van der Waals surface area contributed by atoms with Crippen molar-refractivity contribution in [3.8, 4) is 0 Å². The second kappa shape index (κ2) is 6.98. The number of likely N-dealkylation sites (tertiary alicyclic amines) is 1. The van der Waals surface area contributed by atoms with E-state index in [0.717, 1.165) is 24.9 Å². The van der Waals surface area contributed by atoms with Crippen molar-refractivity contribution in [2.24, 2.45) is 5.92 Å². The van der Waals surface area contributed by atoms with Gasteiger partial charge in [-0.2, -0.15) is 0 Å². The van der Waals surface area contributed by atoms with Crippen molar-refractivity contribution in [3.63, 3.8) is 0 Å². The predicted molar refractivity (Wildman–Crippen MR) is 82.5 cm³/mol. The highest BCUT2D eigenvalue weighted by Crippen LogP contribution is 2.31. The summed E-state index contributed by atoms with van der Waals surface area (Å²) in [6.45, 7) is 8.71. The number of carbonyl (C=O) groups excluding carboxylic acids is 1. The molecule has 1 saturated carbocycles. The van der Waals surface area contributed by atoms with E-state index in [0.29, 0.717) is 12.0 Å². The van der Waals surface area contributed by atoms with E-state index in [1.54, 1.807) is 11.8 Å². The minimum Gasteiger partial charge on any atom is -0.351 e. The average Bonchev–Trinajstić information content (AvgIpc) is 3.16. The van der Waals surface area contributed by atoms with Crippen molar-refractivity contribution in [2.75, 3.05) is 18.8 Å². The first kappa shape index (κ1) is 15.2. The quantitative estimate of drug-likeness (QED) is 0.729. The smallest absolute Gasteiger partial charge is 0.233 e. The summed E-state index contributed by atoms with van der Waals surface area (Å²) in [5.74, 6) is 1.92. The van der Waals surface area contributed by atoms with Gasteiger partial charge in [0.25, 0.3) is 0 Å². The number of rotatable bonds is 7. The number of unbranched alkanes of at least 4 members (excludes halogenated alkanes) is 1. The van der Waals surface area contributed by atoms with Gasteiger partial charge in [-0.25, -0.2) is 0 Å². The molecule has 4 heteroatoms. The van der Waals surface area contributed by atoms with Crippen molar-refractivity contribution < 1.29 is 4.79 Å². The van der Waals surface area contributed by atoms with E-state index >= 15 is 0 Å². The van der Waals surface area contributed by atoms with E-state index < -0.39 is 0 Å². The van der Waals surface area contributed by atoms with E-state index in [2.05, 4.69) is 24.1 Å². The lowest BCUT2D eigenvalue weighted by atomic mass is 10.1. The number of hydrogen-bond acceptors (Lipinski definition) is 3. The van der Waals surface area contributed by atoms with Crippen LogP contribution in [0.25, 0.3) is 0 Å². The number of amides is 1. The van der Waals surface area contributed by atoms with Gasteiger partial charge in [0, 0.05) is 25.2 Å². The summed E-state index contributed by atoms with van der Waals surface area (Å²) in [6, 6.07) is 1.18. The molecule has 1 heterocycles. The van der Waals surface area contributed by atoms with E-state index in [1.165, 1.54) is 25.7 Å². The molecule has 1 N–H and O–H groups in total. The fourth-order valence-electron chi connectivity index (χ4n) is 2.71. The van der Waals surface area contributed by atoms with Gasteiger partial charge in [-0.1, -0.05) is 20.3 Å². The molecule has 1 amide bonds. The maximum absolute atomic E-state index is 12.2. The number of thioether (sulfide) groups is 1. The lowest BCUT2D eigenvalue weighted by Gasteiger charge is -2.19. The van der Waals surface area contributed by atoms with Crippen LogP contribution in [0, 0.1) is 5.92 Å². The summed E-state index contributed by atoms with van der Waals surface area (Å²) in [5.41, 5.74) is 0. The number of nitrogens with one attached hydrogen (secondary N) is 1. The molecule has 2 rings (SSSR count). The van der Waals surface area contributed by atoms with E-state index in [-0.39, 0.29) is 11.2 Å². The maximum Gasteiger partial charge on any atom is 0.233 e. The van der Waals surface area contributed by atoms with Crippen LogP contribution in [0.2, 0.25) is 0 Å². The third kappa shape index (κ3) is 4.38. The predicted octanol–water partition coefficient (Wildman–Crippen LogP) is 2.51. The van der Waals surface area contributed by atoms with Crippen molar-refractivity contribution in [1.82, 2.24) is 10.2 Å². The van der Waals surface area contributed by atoms with E-state index in [4.69, 9.17) is 0 Å². The zero-order valence-corrected chi connectivity index (χ0v) is 13.3. The minimum atomic E-state index is 0.0914. The van der Waals surface area contributed by atoms with Gasteiger partial charge in [-0.05, 0) is 37.9 Å². The lowest BCUT2D eigenvalue weighted by molar-refractivity contribution is -0.121. The molecule has 0 bridgehead atoms. The van der Waals surface area contributed by atoms with Crippen molar-refractivity contribution in [3.05, 3.63) is 0 Å². The molecule has 110 valence electrons. The lowest BCUT2D eigenvalue weighted by Crippen LogP contribution is -2.43. The summed E-state index contributed by atoms with van der Waals surface area (Å²) >= 11 is 1.79. The Morgan fingerprint density at radius 2 is 2.16 bits per heavy atom. The molecule has 0 aromatic heterocycles. The highest BCUT2D eigenvalue weighted by atomic mass is 32.2. The molecule has 0 spiro atoms. The first-order valence-corrected chi connectivity index (χ1v) is 8.82. The largest absolute Gasteiger partial charge is 0.351 e. The standard InChI is InChI=1S/C15H28N2OS/c1-4-5-8-19-12(3)15(18)16-14-10-17(9-11(14)2)13-6-7-13/h11-14H,4-10H2,1-3H3,(H,16,18)/t11-,12-,14+/m1/s1. The normalized spacial score (nSPS) is 29.4. The highest BCUT2D eigenvalue weighted by molar-refractivity contribution is 8.00. The molecule has 2 fully saturated rings. The summed E-state index contributed by atoms with van der Waals surface area (Å²) in [6.07, 6.45) is 5.13. The first-order chi connectivity index (χ1) is 9.11. The Kier molecular flexibility index (Phi) is 5.58. The number of hydrogen-bond donors (Lipinski definition) is 1. The van der Waals surface area contributed by atoms with Gasteiger partial charge in [0.2, 0.25) is 5.91 Å². The van der Waals surface area contributed by atoms with Gasteiger partial charge in [0.15, 0.2) is 0 Å². The van der Waals surface area contributed by atoms with Crippen LogP contribution in [0.1, 0.15) is 46.5 Å². The van der Waals surface area contributed by atoms with Crippen LogP contribution in [0.4, 0.5) is 0 Å². The van der Waals surface area contributed by atoms with Crippen LogP contribution in [-0.2, 0) is 4.79 Å². The molecule has 0 aromatic carbocycles. The molecule has 1 aliphatic heterocycles. The van der Waals surface area contributed by atoms with E-state index in [1.807, 2.05) is 6.92 Å². The Balaban J connectivity index is 1.72. The monoisotopic (exact) mass is 284 g/mol. The SMILES string of the molecule is CCCCS[C@H](C)C(=O)N[C@H]1CN(C2CC2)C[C@H]1C. The fourth-order valence-corrected chi connectivity index (χ4v) is 3.74. The van der Waals surface area contributed by atoms with Crippen LogP contribution in [-0.4, -0.2) is 47.0 Å². The van der Waals surface area contributed by atoms with Crippen LogP contribution >= 0.6 is 11.8 Å². The van der Waals surface area contributed by atoms with Gasteiger partial charge in [0.1, 0.15) is 0 Å². The minimum absolute atomic E-state index is 0.0914. The molecule has 2 aliphatic rings. The molecule has 0 unspecified atom stereocenters. The third-order valence-electron chi connectivity index (χ3n) is 4.27. The molecule has 1 saturated heterocycles. The van der Waals surface area contributed by atoms with Crippen LogP contribution in [0.3, 0.4) is 0 Å². The highest BCUT2D eigenvalue weighted by Gasteiger charge is 2.38. The van der Waals surface area contributed by atoms with Crippen LogP contribution < -0.4 is 5.32 Å². The van der Waals surface area contributed by atoms with Crippen LogP contribution in [0.15, 0.2) is 0 Å². The molecule has 1 aliphatic carbocycles. The Morgan fingerprint density at radius 3 is 2.79 bits per heavy atom. The Labute approximate surface area is 121 Å². The van der Waals surface area contributed by atoms with Gasteiger partial charge < -0.3 is 5.32 Å². The topological polar surface area (TPSA) is 32.3 Å². The molecule has 3 atom stereocenters. The Morgan fingerprint density at radius 1 is 1.42 bits per heavy atom. The summed E-state index contributed by atoms with van der Waals surface area (Å²) in [4.78, 5) is 14.7. The second-order valence-corrected chi connectivity index (χ2v) is 7.59. The average molecular weight is 284 g/mol. The number of carbonyl (C=O) groups is 1. The van der Waals surface area contributed by atoms with Gasteiger partial charge in [-0.3, -0.25) is 9.69 Å². The zero-order valence-electron chi connectivity index (χ0n) is 12.5. The van der Waals surface area contributed by atoms with Gasteiger partial charge >= 0.3 is 0 Å². The second-order valence-electron chi connectivity index (χ2n) is 6.14. The van der Waals surface area contributed by atoms with Gasteiger partial charge in [-0.15, -0.1) is 11.8 Å². The first-order valence-electron chi connectivity index (χ1n) is 7.77. The Bertz CT molecular complexity index is 307. The molecule has 0 aromatic rings. The van der Waals surface area contributed by atoms with Gasteiger partial charge in [0.05, 0.1) is 5.25 Å². The van der Waals surface area contributed by atoms with Crippen molar-refractivity contribution in [2.45, 2.75) is 63.8 Å². The van der Waals surface area contributed by atoms with Crippen molar-refractivity contribution >= 4 is 17.7 Å². The summed E-state index contributed by atoms with van der Waals surface area (Å²) in [5, 5.41) is 3.36. The molecular formula is C15H28N2OS. The molecular weight excluding hydrogens is 256 g/mol.